The normalized spacial score (nSPS) is 13.0. The van der Waals surface area contributed by atoms with Crippen molar-refractivity contribution in [1.82, 2.24) is 0 Å². The third kappa shape index (κ3) is 1.36. The van der Waals surface area contributed by atoms with Gasteiger partial charge in [0, 0.05) is 0 Å². The molecule has 17 heavy (non-hydrogen) atoms. The third-order valence-corrected chi connectivity index (χ3v) is 3.19. The average molecular weight is 225 g/mol. The van der Waals surface area contributed by atoms with Gasteiger partial charge in [-0.15, -0.1) is 0 Å². The van der Waals surface area contributed by atoms with E-state index in [0.717, 1.165) is 22.3 Å². The second kappa shape index (κ2) is 3.71. The van der Waals surface area contributed by atoms with E-state index < -0.39 is 11.9 Å². The van der Waals surface area contributed by atoms with E-state index in [4.69, 9.17) is 5.90 Å². The van der Waals surface area contributed by atoms with E-state index in [1.54, 1.807) is 0 Å². The molecule has 0 bridgehead atoms. The molecule has 3 nitrogen and oxygen atoms in total. The summed E-state index contributed by atoms with van der Waals surface area (Å²) in [6.45, 7) is 0. The van der Waals surface area contributed by atoms with Crippen LogP contribution < -0.4 is 5.90 Å². The number of nitrogens with two attached hydrogens (primary N) is 1. The molecule has 1 aliphatic rings. The van der Waals surface area contributed by atoms with Gasteiger partial charge in [-0.3, -0.25) is 0 Å². The van der Waals surface area contributed by atoms with Gasteiger partial charge in [0.15, 0.2) is 0 Å². The molecule has 3 heteroatoms. The minimum absolute atomic E-state index is 0.396. The van der Waals surface area contributed by atoms with E-state index in [2.05, 4.69) is 4.84 Å². The number of rotatable bonds is 1. The zero-order valence-electron chi connectivity index (χ0n) is 9.09. The van der Waals surface area contributed by atoms with Crippen LogP contribution in [0, 0.1) is 0 Å². The predicted molar refractivity (Wildman–Crippen MR) is 64.0 cm³/mol. The van der Waals surface area contributed by atoms with Crippen LogP contribution in [0.3, 0.4) is 0 Å². The molecule has 84 valence electrons. The van der Waals surface area contributed by atoms with Crippen molar-refractivity contribution in [2.24, 2.45) is 5.90 Å². The van der Waals surface area contributed by atoms with Crippen LogP contribution in [0.4, 0.5) is 0 Å². The zero-order chi connectivity index (χ0) is 11.8. The molecule has 0 saturated heterocycles. The van der Waals surface area contributed by atoms with Crippen LogP contribution in [-0.4, -0.2) is 5.97 Å². The minimum Gasteiger partial charge on any atom is -0.373 e. The Morgan fingerprint density at radius 1 is 0.941 bits per heavy atom. The van der Waals surface area contributed by atoms with Crippen molar-refractivity contribution in [3.63, 3.8) is 0 Å². The van der Waals surface area contributed by atoms with Crippen LogP contribution >= 0.6 is 0 Å². The van der Waals surface area contributed by atoms with Crippen LogP contribution in [0.15, 0.2) is 48.5 Å². The highest BCUT2D eigenvalue weighted by Crippen LogP contribution is 2.44. The Morgan fingerprint density at radius 2 is 1.41 bits per heavy atom. The lowest BCUT2D eigenvalue weighted by molar-refractivity contribution is -0.144. The first-order valence-electron chi connectivity index (χ1n) is 5.41. The molecule has 0 amide bonds. The van der Waals surface area contributed by atoms with Crippen molar-refractivity contribution in [2.75, 3.05) is 0 Å². The first kappa shape index (κ1) is 10.1. The van der Waals surface area contributed by atoms with Crippen molar-refractivity contribution in [3.05, 3.63) is 59.7 Å². The lowest BCUT2D eigenvalue weighted by Gasteiger charge is -2.09. The highest BCUT2D eigenvalue weighted by Gasteiger charge is 2.34. The summed E-state index contributed by atoms with van der Waals surface area (Å²) in [5, 5.41) is 0. The van der Waals surface area contributed by atoms with Crippen molar-refractivity contribution in [3.8, 4) is 11.1 Å². The maximum absolute atomic E-state index is 11.8. The molecular weight excluding hydrogens is 214 g/mol. The second-order valence-corrected chi connectivity index (χ2v) is 4.04. The van der Waals surface area contributed by atoms with Crippen molar-refractivity contribution >= 4 is 5.97 Å². The summed E-state index contributed by atoms with van der Waals surface area (Å²) in [7, 11) is 0. The standard InChI is InChI=1S/C14H11NO2/c15-17-14(16)13-11-7-3-1-5-9(11)10-6-2-4-8-12(10)13/h1-8,13H,15H2. The van der Waals surface area contributed by atoms with Crippen LogP contribution in [0.25, 0.3) is 11.1 Å². The summed E-state index contributed by atoms with van der Waals surface area (Å²) in [4.78, 5) is 16.2. The minimum atomic E-state index is -0.414. The Morgan fingerprint density at radius 3 is 1.88 bits per heavy atom. The molecule has 1 aliphatic carbocycles. The zero-order valence-corrected chi connectivity index (χ0v) is 9.09. The van der Waals surface area contributed by atoms with Gasteiger partial charge in [-0.1, -0.05) is 48.5 Å². The number of benzene rings is 2. The number of fused-ring (bicyclic) bond motifs is 3. The summed E-state index contributed by atoms with van der Waals surface area (Å²) in [5.74, 6) is 4.21. The Bertz CT molecular complexity index is 547. The summed E-state index contributed by atoms with van der Waals surface area (Å²) in [6, 6.07) is 15.7. The van der Waals surface area contributed by atoms with E-state index in [9.17, 15) is 4.79 Å². The van der Waals surface area contributed by atoms with Gasteiger partial charge < -0.3 is 4.84 Å². The summed E-state index contributed by atoms with van der Waals surface area (Å²) in [6.07, 6.45) is 0. The Labute approximate surface area is 98.8 Å². The topological polar surface area (TPSA) is 52.3 Å². The SMILES string of the molecule is NOC(=O)C1c2ccccc2-c2ccccc21. The average Bonchev–Trinajstić information content (AvgIpc) is 2.72. The van der Waals surface area contributed by atoms with E-state index in [1.807, 2.05) is 48.5 Å². The molecule has 0 heterocycles. The highest BCUT2D eigenvalue weighted by atomic mass is 16.7. The number of hydrogen-bond acceptors (Lipinski definition) is 3. The lowest BCUT2D eigenvalue weighted by atomic mass is 9.97. The Kier molecular flexibility index (Phi) is 2.20. The molecule has 2 N–H and O–H groups in total. The molecule has 2 aromatic rings. The molecule has 0 atom stereocenters. The van der Waals surface area contributed by atoms with E-state index >= 15 is 0 Å². The van der Waals surface area contributed by atoms with Gasteiger partial charge in [0.05, 0.1) is 0 Å². The van der Waals surface area contributed by atoms with Gasteiger partial charge in [0.25, 0.3) is 0 Å². The fraction of sp³-hybridized carbons (Fsp3) is 0.0714. The monoisotopic (exact) mass is 225 g/mol. The third-order valence-electron chi connectivity index (χ3n) is 3.19. The molecule has 2 aromatic carbocycles. The van der Waals surface area contributed by atoms with Crippen LogP contribution in [0.1, 0.15) is 17.0 Å². The first-order valence-corrected chi connectivity index (χ1v) is 5.41. The Balaban J connectivity index is 2.27. The first-order chi connectivity index (χ1) is 8.33. The van der Waals surface area contributed by atoms with Gasteiger partial charge >= 0.3 is 5.97 Å². The molecule has 0 aliphatic heterocycles. The van der Waals surface area contributed by atoms with Gasteiger partial charge in [0.2, 0.25) is 0 Å². The lowest BCUT2D eigenvalue weighted by Crippen LogP contribution is -2.18. The van der Waals surface area contributed by atoms with Crippen LogP contribution in [0.2, 0.25) is 0 Å². The Hall–Kier alpha value is -2.13. The fourth-order valence-electron chi connectivity index (χ4n) is 2.48. The predicted octanol–water partition coefficient (Wildman–Crippen LogP) is 2.22. The molecule has 0 saturated carbocycles. The summed E-state index contributed by atoms with van der Waals surface area (Å²) in [5.41, 5.74) is 4.09. The van der Waals surface area contributed by atoms with E-state index in [-0.39, 0.29) is 0 Å². The molecule has 0 aromatic heterocycles. The molecule has 0 fully saturated rings. The summed E-state index contributed by atoms with van der Waals surface area (Å²) >= 11 is 0. The van der Waals surface area contributed by atoms with E-state index in [0.29, 0.717) is 0 Å². The maximum atomic E-state index is 11.8. The van der Waals surface area contributed by atoms with Gasteiger partial charge in [0.1, 0.15) is 5.92 Å². The molecule has 0 unspecified atom stereocenters. The largest absolute Gasteiger partial charge is 0.373 e. The van der Waals surface area contributed by atoms with Gasteiger partial charge in [-0.05, 0) is 22.3 Å². The molecule has 0 radical (unpaired) electrons. The van der Waals surface area contributed by atoms with Crippen molar-refractivity contribution in [2.45, 2.75) is 5.92 Å². The quantitative estimate of drug-likeness (QED) is 0.757. The summed E-state index contributed by atoms with van der Waals surface area (Å²) < 4.78 is 0. The molecule has 0 spiro atoms. The number of carbonyl (C=O) groups excluding carboxylic acids is 1. The molecule has 3 rings (SSSR count). The smallest absolute Gasteiger partial charge is 0.336 e. The number of hydrogen-bond donors (Lipinski definition) is 1. The molecular formula is C14H11NO2. The van der Waals surface area contributed by atoms with Crippen LogP contribution in [0.5, 0.6) is 0 Å². The van der Waals surface area contributed by atoms with Crippen molar-refractivity contribution in [1.29, 1.82) is 0 Å². The second-order valence-electron chi connectivity index (χ2n) is 4.04. The van der Waals surface area contributed by atoms with Crippen LogP contribution in [-0.2, 0) is 9.63 Å². The van der Waals surface area contributed by atoms with Crippen molar-refractivity contribution < 1.29 is 9.63 Å². The van der Waals surface area contributed by atoms with Gasteiger partial charge in [-0.25, -0.2) is 4.79 Å². The fourth-order valence-corrected chi connectivity index (χ4v) is 2.48. The van der Waals surface area contributed by atoms with Gasteiger partial charge in [-0.2, -0.15) is 5.90 Å². The maximum Gasteiger partial charge on any atom is 0.336 e. The highest BCUT2D eigenvalue weighted by molar-refractivity contribution is 5.93. The van der Waals surface area contributed by atoms with E-state index in [1.165, 1.54) is 0 Å². The number of carbonyl (C=O) groups is 1.